The lowest BCUT2D eigenvalue weighted by atomic mass is 10.3. The van der Waals surface area contributed by atoms with Crippen molar-refractivity contribution in [1.82, 2.24) is 9.55 Å². The summed E-state index contributed by atoms with van der Waals surface area (Å²) in [4.78, 5) is 16.6. The van der Waals surface area contributed by atoms with E-state index in [1.807, 2.05) is 24.3 Å². The van der Waals surface area contributed by atoms with Crippen LogP contribution in [0.15, 0.2) is 24.3 Å². The Morgan fingerprint density at radius 2 is 2.21 bits per heavy atom. The molecular formula is C15H19N3O. The molecule has 1 aliphatic rings. The molecule has 3 rings (SSSR count). The smallest absolute Gasteiger partial charge is 0.230 e. The predicted molar refractivity (Wildman–Crippen MR) is 75.9 cm³/mol. The minimum atomic E-state index is 0.111. The fourth-order valence-electron chi connectivity index (χ4n) is 2.51. The number of hydrogen-bond acceptors (Lipinski definition) is 2. The van der Waals surface area contributed by atoms with Gasteiger partial charge < -0.3 is 4.57 Å². The first-order chi connectivity index (χ1) is 9.20. The average Bonchev–Trinajstić information content (AvgIpc) is 3.04. The van der Waals surface area contributed by atoms with Crippen LogP contribution in [0.25, 0.3) is 11.0 Å². The first-order valence-electron chi connectivity index (χ1n) is 6.97. The Morgan fingerprint density at radius 1 is 1.47 bits per heavy atom. The molecule has 19 heavy (non-hydrogen) atoms. The molecular weight excluding hydrogens is 238 g/mol. The fourth-order valence-corrected chi connectivity index (χ4v) is 2.51. The minimum absolute atomic E-state index is 0.111. The van der Waals surface area contributed by atoms with E-state index in [0.717, 1.165) is 30.4 Å². The summed E-state index contributed by atoms with van der Waals surface area (Å²) >= 11 is 0. The number of hydrogen-bond donors (Lipinski definition) is 1. The van der Waals surface area contributed by atoms with Crippen LogP contribution < -0.4 is 5.32 Å². The van der Waals surface area contributed by atoms with Crippen LogP contribution in [0.5, 0.6) is 0 Å². The maximum absolute atomic E-state index is 12.1. The van der Waals surface area contributed by atoms with Gasteiger partial charge in [0, 0.05) is 12.5 Å². The molecule has 1 amide bonds. The van der Waals surface area contributed by atoms with Gasteiger partial charge in [0.15, 0.2) is 0 Å². The molecule has 1 aliphatic carbocycles. The van der Waals surface area contributed by atoms with E-state index < -0.39 is 0 Å². The lowest BCUT2D eigenvalue weighted by molar-refractivity contribution is -0.117. The zero-order valence-corrected chi connectivity index (χ0v) is 11.4. The minimum Gasteiger partial charge on any atom is -0.310 e. The van der Waals surface area contributed by atoms with Gasteiger partial charge in [0.25, 0.3) is 0 Å². The van der Waals surface area contributed by atoms with Crippen molar-refractivity contribution in [1.29, 1.82) is 0 Å². The van der Waals surface area contributed by atoms with Gasteiger partial charge in [0.1, 0.15) is 0 Å². The maximum atomic E-state index is 12.1. The number of amides is 1. The SMILES string of the molecule is CCCn1c(NC(=O)[C@H]2C[C@H]2C)nc2ccccc21. The van der Waals surface area contributed by atoms with Gasteiger partial charge in [0.2, 0.25) is 11.9 Å². The molecule has 2 aromatic rings. The van der Waals surface area contributed by atoms with E-state index in [0.29, 0.717) is 11.9 Å². The number of carbonyl (C=O) groups is 1. The summed E-state index contributed by atoms with van der Waals surface area (Å²) in [5, 5.41) is 2.99. The van der Waals surface area contributed by atoms with Crippen molar-refractivity contribution >= 4 is 22.9 Å². The van der Waals surface area contributed by atoms with Gasteiger partial charge in [-0.3, -0.25) is 10.1 Å². The summed E-state index contributed by atoms with van der Waals surface area (Å²) in [6.07, 6.45) is 2.02. The van der Waals surface area contributed by atoms with Crippen LogP contribution in [-0.2, 0) is 11.3 Å². The number of rotatable bonds is 4. The van der Waals surface area contributed by atoms with Gasteiger partial charge in [-0.15, -0.1) is 0 Å². The third-order valence-electron chi connectivity index (χ3n) is 3.78. The van der Waals surface area contributed by atoms with Crippen molar-refractivity contribution in [2.45, 2.75) is 33.2 Å². The number of nitrogens with one attached hydrogen (secondary N) is 1. The number of nitrogens with zero attached hydrogens (tertiary/aromatic N) is 2. The Morgan fingerprint density at radius 3 is 2.89 bits per heavy atom. The normalized spacial score (nSPS) is 21.6. The molecule has 1 N–H and O–H groups in total. The monoisotopic (exact) mass is 257 g/mol. The summed E-state index contributed by atoms with van der Waals surface area (Å²) in [6.45, 7) is 5.11. The lowest BCUT2D eigenvalue weighted by Crippen LogP contribution is -2.18. The van der Waals surface area contributed by atoms with Crippen molar-refractivity contribution in [2.24, 2.45) is 11.8 Å². The zero-order chi connectivity index (χ0) is 13.4. The number of para-hydroxylation sites is 2. The fraction of sp³-hybridized carbons (Fsp3) is 0.467. The highest BCUT2D eigenvalue weighted by atomic mass is 16.2. The quantitative estimate of drug-likeness (QED) is 0.915. The number of carbonyl (C=O) groups excluding carboxylic acids is 1. The van der Waals surface area contributed by atoms with E-state index in [2.05, 4.69) is 28.7 Å². The van der Waals surface area contributed by atoms with Crippen LogP contribution >= 0.6 is 0 Å². The Balaban J connectivity index is 1.93. The number of aromatic nitrogens is 2. The predicted octanol–water partition coefficient (Wildman–Crippen LogP) is 3.04. The molecule has 1 aromatic carbocycles. The van der Waals surface area contributed by atoms with E-state index in [1.54, 1.807) is 0 Å². The van der Waals surface area contributed by atoms with Gasteiger partial charge in [-0.2, -0.15) is 0 Å². The van der Waals surface area contributed by atoms with Crippen molar-refractivity contribution in [3.63, 3.8) is 0 Å². The molecule has 1 fully saturated rings. The molecule has 1 aromatic heterocycles. The Labute approximate surface area is 112 Å². The first-order valence-corrected chi connectivity index (χ1v) is 6.97. The standard InChI is InChI=1S/C15H19N3O/c1-3-8-18-13-7-5-4-6-12(13)16-15(18)17-14(19)11-9-10(11)2/h4-7,10-11H,3,8-9H2,1-2H3,(H,16,17,19)/t10-,11+/m1/s1. The summed E-state index contributed by atoms with van der Waals surface area (Å²) in [5.74, 6) is 1.49. The van der Waals surface area contributed by atoms with Gasteiger partial charge >= 0.3 is 0 Å². The summed E-state index contributed by atoms with van der Waals surface area (Å²) < 4.78 is 2.10. The second-order valence-corrected chi connectivity index (χ2v) is 5.38. The molecule has 1 saturated carbocycles. The van der Waals surface area contributed by atoms with Crippen LogP contribution in [-0.4, -0.2) is 15.5 Å². The van der Waals surface area contributed by atoms with Crippen LogP contribution in [0.4, 0.5) is 5.95 Å². The lowest BCUT2D eigenvalue weighted by Gasteiger charge is -2.08. The largest absolute Gasteiger partial charge is 0.310 e. The molecule has 0 bridgehead atoms. The number of benzene rings is 1. The number of anilines is 1. The molecule has 0 saturated heterocycles. The topological polar surface area (TPSA) is 46.9 Å². The molecule has 0 spiro atoms. The molecule has 4 heteroatoms. The maximum Gasteiger partial charge on any atom is 0.230 e. The highest BCUT2D eigenvalue weighted by Gasteiger charge is 2.39. The Hall–Kier alpha value is -1.84. The molecule has 2 atom stereocenters. The van der Waals surface area contributed by atoms with Gasteiger partial charge in [-0.25, -0.2) is 4.98 Å². The Bertz CT molecular complexity index is 617. The van der Waals surface area contributed by atoms with Crippen LogP contribution in [0.3, 0.4) is 0 Å². The molecule has 100 valence electrons. The van der Waals surface area contributed by atoms with Crippen LogP contribution in [0.2, 0.25) is 0 Å². The highest BCUT2D eigenvalue weighted by molar-refractivity contribution is 5.94. The first kappa shape index (κ1) is 12.2. The van der Waals surface area contributed by atoms with E-state index in [4.69, 9.17) is 0 Å². The van der Waals surface area contributed by atoms with E-state index in [1.165, 1.54) is 0 Å². The third kappa shape index (κ3) is 2.23. The average molecular weight is 257 g/mol. The van der Waals surface area contributed by atoms with Gasteiger partial charge in [-0.1, -0.05) is 26.0 Å². The Kier molecular flexibility index (Phi) is 3.01. The van der Waals surface area contributed by atoms with E-state index in [9.17, 15) is 4.79 Å². The van der Waals surface area contributed by atoms with Crippen molar-refractivity contribution in [3.05, 3.63) is 24.3 Å². The zero-order valence-electron chi connectivity index (χ0n) is 11.4. The third-order valence-corrected chi connectivity index (χ3v) is 3.78. The number of imidazole rings is 1. The molecule has 4 nitrogen and oxygen atoms in total. The molecule has 0 unspecified atom stereocenters. The summed E-state index contributed by atoms with van der Waals surface area (Å²) in [7, 11) is 0. The van der Waals surface area contributed by atoms with Gasteiger partial charge in [0.05, 0.1) is 11.0 Å². The van der Waals surface area contributed by atoms with Crippen LogP contribution in [0, 0.1) is 11.8 Å². The molecule has 1 heterocycles. The van der Waals surface area contributed by atoms with Crippen molar-refractivity contribution < 1.29 is 4.79 Å². The van der Waals surface area contributed by atoms with E-state index in [-0.39, 0.29) is 11.8 Å². The van der Waals surface area contributed by atoms with Gasteiger partial charge in [-0.05, 0) is 30.9 Å². The van der Waals surface area contributed by atoms with E-state index >= 15 is 0 Å². The van der Waals surface area contributed by atoms with Crippen molar-refractivity contribution in [2.75, 3.05) is 5.32 Å². The van der Waals surface area contributed by atoms with Crippen LogP contribution in [0.1, 0.15) is 26.7 Å². The van der Waals surface area contributed by atoms with Crippen molar-refractivity contribution in [3.8, 4) is 0 Å². The summed E-state index contributed by atoms with van der Waals surface area (Å²) in [5.41, 5.74) is 2.03. The molecule has 0 radical (unpaired) electrons. The highest BCUT2D eigenvalue weighted by Crippen LogP contribution is 2.38. The molecule has 0 aliphatic heterocycles. The number of aryl methyl sites for hydroxylation is 1. The summed E-state index contributed by atoms with van der Waals surface area (Å²) in [6, 6.07) is 8.01. The second kappa shape index (κ2) is 4.68. The number of fused-ring (bicyclic) bond motifs is 1. The second-order valence-electron chi connectivity index (χ2n) is 5.38.